The van der Waals surface area contributed by atoms with E-state index in [1.54, 1.807) is 11.8 Å². The lowest BCUT2D eigenvalue weighted by atomic mass is 10.2. The Labute approximate surface area is 111 Å². The summed E-state index contributed by atoms with van der Waals surface area (Å²) in [5.74, 6) is -0.387. The second kappa shape index (κ2) is 7.34. The normalized spacial score (nSPS) is 19.2. The molecule has 2 N–H and O–H groups in total. The molecule has 0 aromatic rings. The zero-order valence-electron chi connectivity index (χ0n) is 11.2. The van der Waals surface area contributed by atoms with Gasteiger partial charge in [0.1, 0.15) is 0 Å². The van der Waals surface area contributed by atoms with Crippen LogP contribution >= 0.6 is 0 Å². The molecule has 1 aliphatic heterocycles. The summed E-state index contributed by atoms with van der Waals surface area (Å²) < 4.78 is 24.4. The van der Waals surface area contributed by atoms with Gasteiger partial charge in [-0.1, -0.05) is 0 Å². The average Bonchev–Trinajstić information content (AvgIpc) is 2.37. The van der Waals surface area contributed by atoms with Gasteiger partial charge in [-0.25, -0.2) is 13.6 Å². The first-order chi connectivity index (χ1) is 8.93. The fourth-order valence-corrected chi connectivity index (χ4v) is 1.97. The summed E-state index contributed by atoms with van der Waals surface area (Å²) in [5, 5.41) is 4.51. The summed E-state index contributed by atoms with van der Waals surface area (Å²) >= 11 is 0. The van der Waals surface area contributed by atoms with Crippen molar-refractivity contribution in [1.82, 2.24) is 20.4 Å². The maximum Gasteiger partial charge on any atom is 0.321 e. The number of hydrogen-bond acceptors (Lipinski definition) is 4. The molecule has 1 aliphatic rings. The van der Waals surface area contributed by atoms with E-state index >= 15 is 0 Å². The number of nitrogens with one attached hydrogen (secondary N) is 2. The van der Waals surface area contributed by atoms with Gasteiger partial charge in [0.05, 0.1) is 12.6 Å². The Morgan fingerprint density at radius 2 is 1.79 bits per heavy atom. The molecule has 0 aromatic carbocycles. The highest BCUT2D eigenvalue weighted by molar-refractivity contribution is 5.96. The van der Waals surface area contributed by atoms with Crippen LogP contribution in [0, 0.1) is 0 Å². The summed E-state index contributed by atoms with van der Waals surface area (Å²) in [5.41, 5.74) is 0. The Kier molecular flexibility index (Phi) is 6.10. The molecule has 1 heterocycles. The quantitative estimate of drug-likeness (QED) is 0.742. The number of imide groups is 1. The van der Waals surface area contributed by atoms with Gasteiger partial charge in [-0.15, -0.1) is 0 Å². The second-order valence-electron chi connectivity index (χ2n) is 4.47. The molecule has 0 saturated carbocycles. The zero-order chi connectivity index (χ0) is 14.4. The van der Waals surface area contributed by atoms with Crippen LogP contribution in [0.5, 0.6) is 0 Å². The molecular formula is C11H20F2N4O2. The predicted octanol–water partition coefficient (Wildman–Crippen LogP) is -0.287. The molecule has 6 nitrogen and oxygen atoms in total. The number of rotatable bonds is 4. The largest absolute Gasteiger partial charge is 0.341 e. The highest BCUT2D eigenvalue weighted by atomic mass is 19.3. The fraction of sp³-hybridized carbons (Fsp3) is 0.818. The third-order valence-electron chi connectivity index (χ3n) is 3.19. The van der Waals surface area contributed by atoms with Crippen molar-refractivity contribution in [3.8, 4) is 0 Å². The Hall–Kier alpha value is -1.28. The minimum atomic E-state index is -2.33. The minimum Gasteiger partial charge on any atom is -0.341 e. The van der Waals surface area contributed by atoms with Crippen LogP contribution in [0.25, 0.3) is 0 Å². The Morgan fingerprint density at radius 1 is 1.21 bits per heavy atom. The smallest absolute Gasteiger partial charge is 0.321 e. The molecule has 1 rings (SSSR count). The van der Waals surface area contributed by atoms with E-state index in [-0.39, 0.29) is 12.5 Å². The van der Waals surface area contributed by atoms with Crippen LogP contribution in [0.3, 0.4) is 0 Å². The summed E-state index contributed by atoms with van der Waals surface area (Å²) in [6.45, 7) is 3.54. The number of carbonyl (C=O) groups is 2. The van der Waals surface area contributed by atoms with Crippen LogP contribution in [0.4, 0.5) is 13.6 Å². The first-order valence-corrected chi connectivity index (χ1v) is 6.21. The van der Waals surface area contributed by atoms with Crippen molar-refractivity contribution in [3.63, 3.8) is 0 Å². The van der Waals surface area contributed by atoms with Gasteiger partial charge in [-0.05, 0) is 6.92 Å². The Balaban J connectivity index is 2.37. The van der Waals surface area contributed by atoms with Gasteiger partial charge in [0, 0.05) is 33.2 Å². The maximum atomic E-state index is 12.2. The number of piperazine rings is 1. The summed E-state index contributed by atoms with van der Waals surface area (Å²) in [6.07, 6.45) is -2.33. The molecule has 1 atom stereocenters. The van der Waals surface area contributed by atoms with Crippen molar-refractivity contribution < 1.29 is 18.4 Å². The second-order valence-corrected chi connectivity index (χ2v) is 4.47. The average molecular weight is 278 g/mol. The Bertz CT molecular complexity index is 320. The zero-order valence-corrected chi connectivity index (χ0v) is 11.2. The lowest BCUT2D eigenvalue weighted by Crippen LogP contribution is -2.55. The summed E-state index contributed by atoms with van der Waals surface area (Å²) in [6, 6.07) is -1.00. The van der Waals surface area contributed by atoms with Gasteiger partial charge < -0.3 is 5.32 Å². The molecule has 0 spiro atoms. The number of carbonyl (C=O) groups excluding carboxylic acids is 2. The van der Waals surface area contributed by atoms with Crippen molar-refractivity contribution >= 4 is 11.9 Å². The molecule has 1 unspecified atom stereocenters. The number of hydrogen-bond donors (Lipinski definition) is 2. The van der Waals surface area contributed by atoms with Gasteiger partial charge in [-0.3, -0.25) is 19.9 Å². The third kappa shape index (κ3) is 5.07. The SMILES string of the molecule is CNC(=O)NC(=O)C(C)N1CCN(CC(F)F)CC1. The van der Waals surface area contributed by atoms with Crippen LogP contribution in [-0.2, 0) is 4.79 Å². The van der Waals surface area contributed by atoms with Gasteiger partial charge in [0.15, 0.2) is 0 Å². The number of alkyl halides is 2. The van der Waals surface area contributed by atoms with Gasteiger partial charge >= 0.3 is 6.03 Å². The van der Waals surface area contributed by atoms with Crippen LogP contribution in [0.1, 0.15) is 6.92 Å². The first kappa shape index (κ1) is 15.8. The van der Waals surface area contributed by atoms with Crippen molar-refractivity contribution in [3.05, 3.63) is 0 Å². The topological polar surface area (TPSA) is 64.7 Å². The van der Waals surface area contributed by atoms with Crippen molar-refractivity contribution in [2.45, 2.75) is 19.4 Å². The summed E-state index contributed by atoms with van der Waals surface area (Å²) in [7, 11) is 1.43. The molecule has 0 aliphatic carbocycles. The van der Waals surface area contributed by atoms with Crippen molar-refractivity contribution in [2.24, 2.45) is 0 Å². The standard InChI is InChI=1S/C11H20F2N4O2/c1-8(10(18)15-11(19)14-2)17-5-3-16(4-6-17)7-9(12)13/h8-9H,3-7H2,1-2H3,(H2,14,15,18,19). The van der Waals surface area contributed by atoms with Crippen molar-refractivity contribution in [2.75, 3.05) is 39.8 Å². The van der Waals surface area contributed by atoms with E-state index in [1.165, 1.54) is 7.05 Å². The van der Waals surface area contributed by atoms with E-state index in [0.29, 0.717) is 26.2 Å². The maximum absolute atomic E-state index is 12.2. The lowest BCUT2D eigenvalue weighted by molar-refractivity contribution is -0.125. The third-order valence-corrected chi connectivity index (χ3v) is 3.19. The molecule has 110 valence electrons. The minimum absolute atomic E-state index is 0.230. The molecule has 3 amide bonds. The van der Waals surface area contributed by atoms with Crippen LogP contribution in [-0.4, -0.2) is 74.0 Å². The molecule has 0 bridgehead atoms. The van der Waals surface area contributed by atoms with Gasteiger partial charge in [0.2, 0.25) is 5.91 Å². The van der Waals surface area contributed by atoms with E-state index in [0.717, 1.165) is 0 Å². The number of halogens is 2. The molecule has 1 saturated heterocycles. The molecule has 19 heavy (non-hydrogen) atoms. The van der Waals surface area contributed by atoms with Crippen molar-refractivity contribution in [1.29, 1.82) is 0 Å². The number of amides is 3. The van der Waals surface area contributed by atoms with Crippen LogP contribution in [0.2, 0.25) is 0 Å². The monoisotopic (exact) mass is 278 g/mol. The molecule has 0 radical (unpaired) electrons. The highest BCUT2D eigenvalue weighted by Crippen LogP contribution is 2.08. The molecule has 1 fully saturated rings. The predicted molar refractivity (Wildman–Crippen MR) is 66.1 cm³/mol. The lowest BCUT2D eigenvalue weighted by Gasteiger charge is -2.37. The highest BCUT2D eigenvalue weighted by Gasteiger charge is 2.27. The number of nitrogens with zero attached hydrogens (tertiary/aromatic N) is 2. The fourth-order valence-electron chi connectivity index (χ4n) is 1.97. The number of urea groups is 1. The van der Waals surface area contributed by atoms with E-state index in [9.17, 15) is 18.4 Å². The van der Waals surface area contributed by atoms with Gasteiger partial charge in [-0.2, -0.15) is 0 Å². The van der Waals surface area contributed by atoms with Crippen LogP contribution in [0.15, 0.2) is 0 Å². The van der Waals surface area contributed by atoms with Crippen LogP contribution < -0.4 is 10.6 Å². The molecule has 0 aromatic heterocycles. The van der Waals surface area contributed by atoms with E-state index in [4.69, 9.17) is 0 Å². The Morgan fingerprint density at radius 3 is 2.26 bits per heavy atom. The molecule has 8 heteroatoms. The molecular weight excluding hydrogens is 258 g/mol. The first-order valence-electron chi connectivity index (χ1n) is 6.21. The summed E-state index contributed by atoms with van der Waals surface area (Å²) in [4.78, 5) is 26.3. The van der Waals surface area contributed by atoms with E-state index in [2.05, 4.69) is 10.6 Å². The van der Waals surface area contributed by atoms with E-state index in [1.807, 2.05) is 4.90 Å². The van der Waals surface area contributed by atoms with Gasteiger partial charge in [0.25, 0.3) is 6.43 Å². The van der Waals surface area contributed by atoms with E-state index < -0.39 is 18.5 Å².